The van der Waals surface area contributed by atoms with Crippen molar-refractivity contribution in [1.29, 1.82) is 0 Å². The fraction of sp³-hybridized carbons (Fsp3) is 0.513. The van der Waals surface area contributed by atoms with Crippen LogP contribution in [0.3, 0.4) is 0 Å². The van der Waals surface area contributed by atoms with Gasteiger partial charge in [0, 0.05) is 56.7 Å². The highest BCUT2D eigenvalue weighted by molar-refractivity contribution is 6.00. The number of hydrogen-bond acceptors (Lipinski definition) is 12. The number of nitrogens with zero attached hydrogens (tertiary/aromatic N) is 5. The number of amides is 3. The summed E-state index contributed by atoms with van der Waals surface area (Å²) in [6.45, 7) is 14.2. The summed E-state index contributed by atoms with van der Waals surface area (Å²) in [5.41, 5.74) is 1.32. The summed E-state index contributed by atoms with van der Waals surface area (Å²) in [7, 11) is 4.65. The normalized spacial score (nSPS) is 17.3. The zero-order valence-corrected chi connectivity index (χ0v) is 33.1. The van der Waals surface area contributed by atoms with E-state index in [0.29, 0.717) is 59.5 Å². The topological polar surface area (TPSA) is 165 Å². The summed E-state index contributed by atoms with van der Waals surface area (Å²) in [5, 5.41) is 15.0. The molecule has 0 aliphatic carbocycles. The van der Waals surface area contributed by atoms with E-state index in [1.165, 1.54) is 20.3 Å². The van der Waals surface area contributed by atoms with Crippen LogP contribution in [0.15, 0.2) is 42.6 Å². The third kappa shape index (κ3) is 9.91. The first-order chi connectivity index (χ1) is 26.3. The molecule has 15 nitrogen and oxygen atoms in total. The van der Waals surface area contributed by atoms with Gasteiger partial charge in [0.05, 0.1) is 37.3 Å². The van der Waals surface area contributed by atoms with Gasteiger partial charge in [-0.05, 0) is 63.0 Å². The van der Waals surface area contributed by atoms with E-state index in [0.717, 1.165) is 32.7 Å². The number of hydrogen-bond donors (Lipinski definition) is 5. The number of benzene rings is 2. The Bertz CT molecular complexity index is 1830. The Morgan fingerprint density at radius 3 is 2.29 bits per heavy atom. The van der Waals surface area contributed by atoms with Crippen LogP contribution >= 0.6 is 0 Å². The van der Waals surface area contributed by atoms with Gasteiger partial charge in [-0.25, -0.2) is 9.37 Å². The minimum atomic E-state index is -0.834. The fourth-order valence-electron chi connectivity index (χ4n) is 6.73. The van der Waals surface area contributed by atoms with Gasteiger partial charge in [-0.1, -0.05) is 27.7 Å². The van der Waals surface area contributed by atoms with Crippen molar-refractivity contribution in [2.75, 3.05) is 81.4 Å². The lowest BCUT2D eigenvalue weighted by Gasteiger charge is -2.36. The second-order valence-corrected chi connectivity index (χ2v) is 14.9. The van der Waals surface area contributed by atoms with E-state index >= 15 is 4.39 Å². The Balaban J connectivity index is 1.28. The van der Waals surface area contributed by atoms with Gasteiger partial charge in [-0.3, -0.25) is 14.4 Å². The minimum absolute atomic E-state index is 0.234. The molecule has 0 radical (unpaired) electrons. The molecule has 3 atom stereocenters. The van der Waals surface area contributed by atoms with Gasteiger partial charge in [0.2, 0.25) is 23.7 Å². The maximum Gasteiger partial charge on any atom is 0.247 e. The standard InChI is InChI=1S/C39H55FN10O5/c1-9-48-17-19-49(20-18-48)29-13-12-25(21-26(29)40)43-33-14-15-42-38(46-33)45-28-23-31(54-7)27(22-32(28)55-8)44-36(52)30-11-10-16-50(30)37(53)34(39(3,4)5)47-35(51)24(2)41-6/h12-15,21-24,30,34,41H,9-11,16-20H2,1-8H3,(H,44,52)(H,47,51)(H2,42,43,45,46)/t24-,30+,34+/m0/s1. The summed E-state index contributed by atoms with van der Waals surface area (Å²) >= 11 is 0. The van der Waals surface area contributed by atoms with E-state index in [-0.39, 0.29) is 29.5 Å². The molecule has 2 aliphatic rings. The number of carbonyl (C=O) groups is 3. The fourth-order valence-corrected chi connectivity index (χ4v) is 6.73. The van der Waals surface area contributed by atoms with Crippen LogP contribution in [0.2, 0.25) is 0 Å². The van der Waals surface area contributed by atoms with Crippen molar-refractivity contribution in [2.24, 2.45) is 5.41 Å². The van der Waals surface area contributed by atoms with Crippen LogP contribution in [0.25, 0.3) is 0 Å². The molecule has 3 aromatic rings. The number of halogens is 1. The smallest absolute Gasteiger partial charge is 0.247 e. The van der Waals surface area contributed by atoms with Crippen molar-refractivity contribution in [3.05, 3.63) is 48.4 Å². The van der Waals surface area contributed by atoms with E-state index in [2.05, 4.69) is 53.3 Å². The first-order valence-electron chi connectivity index (χ1n) is 18.7. The molecule has 0 unspecified atom stereocenters. The van der Waals surface area contributed by atoms with Gasteiger partial charge in [-0.2, -0.15) is 4.98 Å². The van der Waals surface area contributed by atoms with Gasteiger partial charge in [-0.15, -0.1) is 0 Å². The second-order valence-electron chi connectivity index (χ2n) is 14.9. The number of anilines is 6. The first kappa shape index (κ1) is 41.0. The largest absolute Gasteiger partial charge is 0.494 e. The van der Waals surface area contributed by atoms with Gasteiger partial charge >= 0.3 is 0 Å². The minimum Gasteiger partial charge on any atom is -0.494 e. The lowest BCUT2D eigenvalue weighted by Crippen LogP contribution is -2.59. The number of methoxy groups -OCH3 is 2. The SMILES string of the molecule is CCN1CCN(c2ccc(Nc3ccnc(Nc4cc(OC)c(NC(=O)[C@H]5CCCN5C(=O)[C@@H](NC(=O)[C@H](C)NC)C(C)(C)C)cc4OC)n3)cc2F)CC1. The van der Waals surface area contributed by atoms with Gasteiger partial charge in [0.15, 0.2) is 0 Å². The molecule has 3 heterocycles. The van der Waals surface area contributed by atoms with Crippen molar-refractivity contribution >= 4 is 52.2 Å². The lowest BCUT2D eigenvalue weighted by molar-refractivity contribution is -0.143. The monoisotopic (exact) mass is 762 g/mol. The van der Waals surface area contributed by atoms with Gasteiger partial charge in [0.25, 0.3) is 0 Å². The Morgan fingerprint density at radius 1 is 0.964 bits per heavy atom. The number of aromatic nitrogens is 2. The lowest BCUT2D eigenvalue weighted by atomic mass is 9.85. The highest BCUT2D eigenvalue weighted by Crippen LogP contribution is 2.38. The number of likely N-dealkylation sites (tertiary alicyclic amines) is 1. The first-order valence-corrected chi connectivity index (χ1v) is 18.7. The van der Waals surface area contributed by atoms with Gasteiger partial charge < -0.3 is 50.8 Å². The molecule has 0 bridgehead atoms. The van der Waals surface area contributed by atoms with Crippen molar-refractivity contribution in [2.45, 2.75) is 65.6 Å². The molecular formula is C39H55FN10O5. The molecule has 2 saturated heterocycles. The third-order valence-corrected chi connectivity index (χ3v) is 10.1. The number of nitrogens with one attached hydrogen (secondary N) is 5. The van der Waals surface area contributed by atoms with Crippen LogP contribution in [0.1, 0.15) is 47.5 Å². The Hall–Kier alpha value is -5.22. The summed E-state index contributed by atoms with van der Waals surface area (Å²) in [6, 6.07) is 7.94. The zero-order chi connectivity index (χ0) is 39.9. The molecule has 298 valence electrons. The molecule has 5 N–H and O–H groups in total. The summed E-state index contributed by atoms with van der Waals surface area (Å²) in [6.07, 6.45) is 2.67. The molecule has 2 aliphatic heterocycles. The molecule has 3 amide bonds. The molecule has 16 heteroatoms. The van der Waals surface area contributed by atoms with Crippen molar-refractivity contribution in [3.63, 3.8) is 0 Å². The van der Waals surface area contributed by atoms with E-state index < -0.39 is 23.5 Å². The predicted octanol–water partition coefficient (Wildman–Crippen LogP) is 4.33. The van der Waals surface area contributed by atoms with E-state index in [1.807, 2.05) is 26.8 Å². The number of ether oxygens (including phenoxy) is 2. The average molecular weight is 763 g/mol. The predicted molar refractivity (Wildman–Crippen MR) is 212 cm³/mol. The Labute approximate surface area is 322 Å². The van der Waals surface area contributed by atoms with Crippen molar-refractivity contribution in [3.8, 4) is 11.5 Å². The quantitative estimate of drug-likeness (QED) is 0.158. The molecule has 2 fully saturated rings. The number of carbonyl (C=O) groups excluding carboxylic acids is 3. The molecule has 0 spiro atoms. The molecule has 0 saturated carbocycles. The third-order valence-electron chi connectivity index (χ3n) is 10.1. The molecule has 2 aromatic carbocycles. The van der Waals surface area contributed by atoms with Crippen LogP contribution in [-0.4, -0.2) is 116 Å². The summed E-state index contributed by atoms with van der Waals surface area (Å²) < 4.78 is 26.6. The van der Waals surface area contributed by atoms with E-state index in [9.17, 15) is 14.4 Å². The summed E-state index contributed by atoms with van der Waals surface area (Å²) in [4.78, 5) is 55.3. The number of likely N-dealkylation sites (N-methyl/N-ethyl adjacent to an activating group) is 2. The van der Waals surface area contributed by atoms with Gasteiger partial charge in [0.1, 0.15) is 35.2 Å². The molecular weight excluding hydrogens is 707 g/mol. The molecule has 55 heavy (non-hydrogen) atoms. The maximum absolute atomic E-state index is 15.2. The average Bonchev–Trinajstić information content (AvgIpc) is 3.67. The maximum atomic E-state index is 15.2. The van der Waals surface area contributed by atoms with Crippen LogP contribution in [-0.2, 0) is 14.4 Å². The summed E-state index contributed by atoms with van der Waals surface area (Å²) in [5.74, 6) is 0.0571. The van der Waals surface area contributed by atoms with Crippen LogP contribution < -0.4 is 41.0 Å². The molecule has 5 rings (SSSR count). The highest BCUT2D eigenvalue weighted by atomic mass is 19.1. The van der Waals surface area contributed by atoms with Crippen LogP contribution in [0.5, 0.6) is 11.5 Å². The van der Waals surface area contributed by atoms with E-state index in [4.69, 9.17) is 9.47 Å². The highest BCUT2D eigenvalue weighted by Gasteiger charge is 2.42. The second kappa shape index (κ2) is 17.9. The van der Waals surface area contributed by atoms with Crippen molar-refractivity contribution in [1.82, 2.24) is 30.4 Å². The zero-order valence-electron chi connectivity index (χ0n) is 33.1. The number of piperazine rings is 1. The van der Waals surface area contributed by atoms with Crippen molar-refractivity contribution < 1.29 is 28.2 Å². The molecule has 1 aromatic heterocycles. The Morgan fingerprint density at radius 2 is 1.65 bits per heavy atom. The Kier molecular flexibility index (Phi) is 13.4. The van der Waals surface area contributed by atoms with E-state index in [1.54, 1.807) is 49.3 Å². The van der Waals surface area contributed by atoms with Crippen LogP contribution in [0, 0.1) is 11.2 Å². The number of rotatable bonds is 14. The van der Waals surface area contributed by atoms with Crippen LogP contribution in [0.4, 0.5) is 38.9 Å².